The number of amides is 3. The largest absolute Gasteiger partial charge is 0.442 e. The third-order valence-corrected chi connectivity index (χ3v) is 5.80. The van der Waals surface area contributed by atoms with Gasteiger partial charge in [0.15, 0.2) is 0 Å². The van der Waals surface area contributed by atoms with Gasteiger partial charge in [-0.05, 0) is 35.4 Å². The minimum absolute atomic E-state index is 0.0168. The van der Waals surface area contributed by atoms with Crippen molar-refractivity contribution in [3.63, 3.8) is 0 Å². The van der Waals surface area contributed by atoms with Crippen molar-refractivity contribution in [3.8, 4) is 0 Å². The molecule has 1 N–H and O–H groups in total. The summed E-state index contributed by atoms with van der Waals surface area (Å²) < 4.78 is 45.0. The molecule has 7 nitrogen and oxygen atoms in total. The lowest BCUT2D eigenvalue weighted by molar-refractivity contribution is -0.142. The number of alkyl halides is 2. The fourth-order valence-electron chi connectivity index (χ4n) is 4.36. The highest BCUT2D eigenvalue weighted by Gasteiger charge is 2.58. The zero-order valence-electron chi connectivity index (χ0n) is 15.6. The first-order valence-electron chi connectivity index (χ1n) is 9.35. The number of fused-ring (bicyclic) bond motifs is 1. The highest BCUT2D eigenvalue weighted by Crippen LogP contribution is 2.58. The van der Waals surface area contributed by atoms with Gasteiger partial charge >= 0.3 is 12.5 Å². The Balaban J connectivity index is 1.40. The summed E-state index contributed by atoms with van der Waals surface area (Å²) in [4.78, 5) is 36.9. The fraction of sp³-hybridized carbons (Fsp3) is 0.526. The minimum atomic E-state index is -3.02. The maximum atomic E-state index is 14.7. The number of hydrogen-bond donors (Lipinski definition) is 1. The number of ether oxygens (including phenoxy) is 1. The molecule has 1 aromatic carbocycles. The van der Waals surface area contributed by atoms with Crippen LogP contribution < -0.4 is 10.2 Å². The van der Waals surface area contributed by atoms with Gasteiger partial charge in [-0.2, -0.15) is 8.78 Å². The second-order valence-corrected chi connectivity index (χ2v) is 7.66. The SMILES string of the molecule is CC(=O)NC[C@H]1CN(c2ccc([C@H]3[C@@H]4CN(C(=O)C(F)F)C[C@@H]43)c(F)c2)C(=O)O1. The van der Waals surface area contributed by atoms with E-state index in [1.54, 1.807) is 12.1 Å². The molecule has 29 heavy (non-hydrogen) atoms. The summed E-state index contributed by atoms with van der Waals surface area (Å²) in [6.45, 7) is 2.15. The molecule has 0 aromatic heterocycles. The van der Waals surface area contributed by atoms with E-state index in [4.69, 9.17) is 4.74 Å². The Bertz CT molecular complexity index is 853. The quantitative estimate of drug-likeness (QED) is 0.801. The normalized spacial score (nSPS) is 27.8. The number of rotatable bonds is 5. The van der Waals surface area contributed by atoms with E-state index in [1.807, 2.05) is 0 Å². The molecule has 0 unspecified atom stereocenters. The van der Waals surface area contributed by atoms with Crippen LogP contribution in [0.25, 0.3) is 0 Å². The maximum Gasteiger partial charge on any atom is 0.414 e. The molecule has 0 bridgehead atoms. The molecule has 2 heterocycles. The predicted molar refractivity (Wildman–Crippen MR) is 95.0 cm³/mol. The average Bonchev–Trinajstić information content (AvgIpc) is 3.00. The zero-order valence-corrected chi connectivity index (χ0v) is 15.6. The lowest BCUT2D eigenvalue weighted by atomic mass is 10.0. The molecule has 2 aliphatic heterocycles. The molecule has 3 aliphatic rings. The lowest BCUT2D eigenvalue weighted by Gasteiger charge is -2.20. The maximum absolute atomic E-state index is 14.7. The van der Waals surface area contributed by atoms with Gasteiger partial charge in [-0.25, -0.2) is 9.18 Å². The van der Waals surface area contributed by atoms with Crippen LogP contribution in [0.4, 0.5) is 23.7 Å². The van der Waals surface area contributed by atoms with Gasteiger partial charge in [-0.3, -0.25) is 14.5 Å². The van der Waals surface area contributed by atoms with Gasteiger partial charge < -0.3 is 15.0 Å². The topological polar surface area (TPSA) is 79.0 Å². The first-order chi connectivity index (χ1) is 13.8. The van der Waals surface area contributed by atoms with Crippen LogP contribution in [0.1, 0.15) is 18.4 Å². The van der Waals surface area contributed by atoms with Crippen LogP contribution in [-0.2, 0) is 14.3 Å². The standard InChI is InChI=1S/C19H20F3N3O4/c1-9(26)23-5-11-6-25(19(28)29-11)10-2-3-12(15(20)4-10)16-13-7-24(8-14(13)16)18(27)17(21)22/h2-4,11,13-14,16-17H,5-8H2,1H3,(H,23,26)/t11-,13-,14+,16+/m0/s1. The highest BCUT2D eigenvalue weighted by molar-refractivity contribution is 5.90. The van der Waals surface area contributed by atoms with Crippen molar-refractivity contribution >= 4 is 23.6 Å². The van der Waals surface area contributed by atoms with Crippen LogP contribution in [0.5, 0.6) is 0 Å². The van der Waals surface area contributed by atoms with Crippen molar-refractivity contribution in [2.24, 2.45) is 11.8 Å². The Hall–Kier alpha value is -2.78. The second kappa shape index (κ2) is 7.23. The van der Waals surface area contributed by atoms with Crippen LogP contribution >= 0.6 is 0 Å². The van der Waals surface area contributed by atoms with Crippen molar-refractivity contribution in [1.29, 1.82) is 0 Å². The lowest BCUT2D eigenvalue weighted by Crippen LogP contribution is -2.35. The average molecular weight is 411 g/mol. The predicted octanol–water partition coefficient (Wildman–Crippen LogP) is 1.72. The van der Waals surface area contributed by atoms with E-state index < -0.39 is 30.3 Å². The molecular weight excluding hydrogens is 391 g/mol. The third-order valence-electron chi connectivity index (χ3n) is 5.80. The van der Waals surface area contributed by atoms with Gasteiger partial charge in [0.25, 0.3) is 5.91 Å². The molecular formula is C19H20F3N3O4. The Morgan fingerprint density at radius 2 is 1.93 bits per heavy atom. The van der Waals surface area contributed by atoms with Gasteiger partial charge in [0, 0.05) is 20.0 Å². The first kappa shape index (κ1) is 19.5. The van der Waals surface area contributed by atoms with Crippen molar-refractivity contribution < 1.29 is 32.3 Å². The number of hydrogen-bond acceptors (Lipinski definition) is 4. The van der Waals surface area contributed by atoms with E-state index in [0.717, 1.165) is 4.90 Å². The molecule has 4 rings (SSSR count). The summed E-state index contributed by atoms with van der Waals surface area (Å²) in [7, 11) is 0. The first-order valence-corrected chi connectivity index (χ1v) is 9.35. The Labute approximate surface area is 164 Å². The Morgan fingerprint density at radius 1 is 1.24 bits per heavy atom. The van der Waals surface area contributed by atoms with Crippen molar-refractivity contribution in [2.75, 3.05) is 31.1 Å². The van der Waals surface area contributed by atoms with Gasteiger partial charge in [0.2, 0.25) is 5.91 Å². The highest BCUT2D eigenvalue weighted by atomic mass is 19.3. The number of carbonyl (C=O) groups excluding carboxylic acids is 3. The summed E-state index contributed by atoms with van der Waals surface area (Å²) in [6, 6.07) is 4.48. The molecule has 0 spiro atoms. The smallest absolute Gasteiger partial charge is 0.414 e. The number of carbonyl (C=O) groups is 3. The number of anilines is 1. The van der Waals surface area contributed by atoms with Crippen LogP contribution in [0.15, 0.2) is 18.2 Å². The molecule has 2 saturated heterocycles. The number of likely N-dealkylation sites (tertiary alicyclic amines) is 1. The van der Waals surface area contributed by atoms with Crippen molar-refractivity contribution in [3.05, 3.63) is 29.6 Å². The monoisotopic (exact) mass is 411 g/mol. The molecule has 10 heteroatoms. The van der Waals surface area contributed by atoms with Crippen LogP contribution in [0.3, 0.4) is 0 Å². The number of piperidine rings is 1. The van der Waals surface area contributed by atoms with Crippen LogP contribution in [0.2, 0.25) is 0 Å². The number of halogens is 3. The van der Waals surface area contributed by atoms with Gasteiger partial charge in [0.05, 0.1) is 18.8 Å². The van der Waals surface area contributed by atoms with Crippen LogP contribution in [-0.4, -0.2) is 61.5 Å². The molecule has 4 atom stereocenters. The van der Waals surface area contributed by atoms with E-state index in [2.05, 4.69) is 5.32 Å². The molecule has 0 radical (unpaired) electrons. The van der Waals surface area contributed by atoms with E-state index >= 15 is 0 Å². The van der Waals surface area contributed by atoms with Crippen molar-refractivity contribution in [2.45, 2.75) is 25.4 Å². The van der Waals surface area contributed by atoms with Gasteiger partial charge in [-0.15, -0.1) is 0 Å². The molecule has 1 aliphatic carbocycles. The second-order valence-electron chi connectivity index (χ2n) is 7.66. The summed E-state index contributed by atoms with van der Waals surface area (Å²) >= 11 is 0. The molecule has 1 saturated carbocycles. The Kier molecular flexibility index (Phi) is 4.87. The molecule has 3 amide bonds. The molecule has 3 fully saturated rings. The zero-order chi connectivity index (χ0) is 20.9. The van der Waals surface area contributed by atoms with Crippen LogP contribution in [0, 0.1) is 17.7 Å². The van der Waals surface area contributed by atoms with Crippen molar-refractivity contribution in [1.82, 2.24) is 10.2 Å². The van der Waals surface area contributed by atoms with Gasteiger partial charge in [-0.1, -0.05) is 6.07 Å². The third kappa shape index (κ3) is 3.63. The molecule has 156 valence electrons. The summed E-state index contributed by atoms with van der Waals surface area (Å²) in [5.74, 6) is -2.03. The van der Waals surface area contributed by atoms with E-state index in [1.165, 1.54) is 17.9 Å². The Morgan fingerprint density at radius 3 is 2.52 bits per heavy atom. The van der Waals surface area contributed by atoms with E-state index in [-0.39, 0.29) is 49.8 Å². The summed E-state index contributed by atoms with van der Waals surface area (Å²) in [5, 5.41) is 2.57. The number of benzene rings is 1. The van der Waals surface area contributed by atoms with E-state index in [0.29, 0.717) is 11.3 Å². The fourth-order valence-corrected chi connectivity index (χ4v) is 4.36. The number of nitrogens with zero attached hydrogens (tertiary/aromatic N) is 2. The summed E-state index contributed by atoms with van der Waals surface area (Å²) in [5.41, 5.74) is 0.817. The number of cyclic esters (lactones) is 1. The minimum Gasteiger partial charge on any atom is -0.442 e. The molecule has 1 aromatic rings. The number of nitrogens with one attached hydrogen (secondary N) is 1. The summed E-state index contributed by atoms with van der Waals surface area (Å²) in [6.07, 6.45) is -4.15. The van der Waals surface area contributed by atoms with Gasteiger partial charge in [0.1, 0.15) is 11.9 Å². The van der Waals surface area contributed by atoms with E-state index in [9.17, 15) is 27.6 Å².